The first-order chi connectivity index (χ1) is 16.8. The number of nitrogens with one attached hydrogen (secondary N) is 1. The number of non-ortho nitro benzene ring substituents is 2. The number of anilines is 1. The van der Waals surface area contributed by atoms with Gasteiger partial charge in [0.05, 0.1) is 9.85 Å². The van der Waals surface area contributed by atoms with Crippen LogP contribution in [0.15, 0.2) is 91.0 Å². The normalized spacial score (nSPS) is 7.05. The molecule has 11 heteroatoms. The van der Waals surface area contributed by atoms with Crippen molar-refractivity contribution in [1.82, 2.24) is 5.32 Å². The molecule has 0 aliphatic heterocycles. The molecule has 38 heavy (non-hydrogen) atoms. The van der Waals surface area contributed by atoms with Gasteiger partial charge in [-0.05, 0) is 26.2 Å². The minimum absolute atomic E-state index is 0. The van der Waals surface area contributed by atoms with E-state index in [9.17, 15) is 20.2 Å². The SMILES string of the molecule is CCC.CNC.Nc1ccccc1.O=[N+]([O-])c1ccccc1.O=[N+]([O-])c1ccccc1.[Ar].[CH2-]C.[CH2-]C.[W].[W]. The van der Waals surface area contributed by atoms with Gasteiger partial charge in [-0.3, -0.25) is 20.2 Å². The van der Waals surface area contributed by atoms with Crippen molar-refractivity contribution in [3.8, 4) is 0 Å². The molecule has 0 unspecified atom stereocenters. The first kappa shape index (κ1) is 53.2. The van der Waals surface area contributed by atoms with Crippen LogP contribution in [0.4, 0.5) is 17.1 Å². The van der Waals surface area contributed by atoms with Gasteiger partial charge in [-0.15, -0.1) is 0 Å². The van der Waals surface area contributed by atoms with Crippen LogP contribution in [0.25, 0.3) is 0 Å². The fraction of sp³-hybridized carbons (Fsp3) is 0.259. The number of nitro groups is 2. The smallest absolute Gasteiger partial charge is 0.269 e. The predicted molar refractivity (Wildman–Crippen MR) is 150 cm³/mol. The zero-order valence-electron chi connectivity index (χ0n) is 23.1. The summed E-state index contributed by atoms with van der Waals surface area (Å²) in [6, 6.07) is 25.4. The number of nitrogens with two attached hydrogens (primary N) is 1. The predicted octanol–water partition coefficient (Wildman–Crippen LogP) is 7.39. The minimum atomic E-state index is -0.417. The number of nitrogen functional groups attached to an aromatic ring is 1. The summed E-state index contributed by atoms with van der Waals surface area (Å²) in [7, 11) is 3.75. The van der Waals surface area contributed by atoms with Gasteiger partial charge in [0, 0.05) is 110 Å². The first-order valence-corrected chi connectivity index (χ1v) is 11.0. The maximum absolute atomic E-state index is 10.0. The van der Waals surface area contributed by atoms with Crippen molar-refractivity contribution < 1.29 is 89.7 Å². The summed E-state index contributed by atoms with van der Waals surface area (Å²) in [6.45, 7) is 14.2. The molecule has 0 bridgehead atoms. The number of benzene rings is 3. The van der Waals surface area contributed by atoms with Gasteiger partial charge in [0.1, 0.15) is 0 Å². The summed E-state index contributed by atoms with van der Waals surface area (Å²) in [5.41, 5.74) is 6.45. The molecule has 3 aromatic carbocycles. The Morgan fingerprint density at radius 3 is 0.947 bits per heavy atom. The van der Waals surface area contributed by atoms with Crippen molar-refractivity contribution in [3.63, 3.8) is 0 Å². The Hall–Kier alpha value is -1.14. The van der Waals surface area contributed by atoms with Crippen molar-refractivity contribution >= 4 is 17.1 Å². The molecular weight excluding hydrogens is 852 g/mol. The van der Waals surface area contributed by atoms with Gasteiger partial charge in [0.15, 0.2) is 0 Å². The van der Waals surface area contributed by atoms with Crippen molar-refractivity contribution in [3.05, 3.63) is 125 Å². The van der Waals surface area contributed by atoms with Gasteiger partial charge in [-0.2, -0.15) is 13.8 Å². The summed E-state index contributed by atoms with van der Waals surface area (Å²) in [4.78, 5) is 19.2. The van der Waals surface area contributed by atoms with Crippen LogP contribution in [0.5, 0.6) is 0 Å². The molecule has 0 aromatic heterocycles. The van der Waals surface area contributed by atoms with E-state index >= 15 is 0 Å². The summed E-state index contributed by atoms with van der Waals surface area (Å²) in [5.74, 6) is 0. The molecule has 0 saturated heterocycles. The number of para-hydroxylation sites is 3. The zero-order valence-corrected chi connectivity index (χ0v) is 29.6. The van der Waals surface area contributed by atoms with E-state index in [-0.39, 0.29) is 91.2 Å². The second kappa shape index (κ2) is 45.8. The van der Waals surface area contributed by atoms with Crippen LogP contribution in [0.3, 0.4) is 0 Å². The molecule has 0 radical (unpaired) electrons. The Kier molecular flexibility index (Phi) is 64.0. The summed E-state index contributed by atoms with van der Waals surface area (Å²) < 4.78 is 0. The molecule has 0 heterocycles. The van der Waals surface area contributed by atoms with Gasteiger partial charge < -0.3 is 24.9 Å². The van der Waals surface area contributed by atoms with Crippen molar-refractivity contribution in [1.29, 1.82) is 0 Å². The summed E-state index contributed by atoms with van der Waals surface area (Å²) in [5, 5.41) is 22.8. The molecule has 8 nitrogen and oxygen atoms in total. The molecule has 3 aromatic rings. The van der Waals surface area contributed by atoms with Crippen LogP contribution in [0, 0.1) is 71.8 Å². The molecule has 0 aliphatic carbocycles. The third-order valence-corrected chi connectivity index (χ3v) is 2.73. The Morgan fingerprint density at radius 2 is 0.842 bits per heavy atom. The van der Waals surface area contributed by atoms with Crippen molar-refractivity contribution in [2.75, 3.05) is 19.8 Å². The Labute approximate surface area is 288 Å². The first-order valence-electron chi connectivity index (χ1n) is 11.0. The third kappa shape index (κ3) is 42.0. The standard InChI is InChI=1S/2C6H5NO2.C6H7N.C3H8.C2H7N.2C2H5.Ar.2W/c2*8-7(9)6-4-2-1-3-5-6;7-6-4-2-1-3-5-6;2*1-3-2;2*1-2;;;/h2*1-5H;1-5H,7H2;3H2,1-2H3;3H,1-2H3;2*1H2,2H3;;;/q;;;;;2*-1;;;. The van der Waals surface area contributed by atoms with E-state index < -0.39 is 9.85 Å². The largest absolute Gasteiger partial charge is 0.399 e. The number of nitrogens with zero attached hydrogens (tertiary/aromatic N) is 2. The number of rotatable bonds is 2. The molecule has 0 saturated carbocycles. The van der Waals surface area contributed by atoms with E-state index in [0.717, 1.165) is 5.69 Å². The number of nitro benzene ring substituents is 2. The van der Waals surface area contributed by atoms with E-state index in [1.165, 1.54) is 30.7 Å². The van der Waals surface area contributed by atoms with Gasteiger partial charge in [-0.1, -0.05) is 74.9 Å². The molecule has 216 valence electrons. The zero-order chi connectivity index (χ0) is 27.9. The Bertz CT molecular complexity index is 770. The summed E-state index contributed by atoms with van der Waals surface area (Å²) >= 11 is 0. The monoisotopic (exact) mass is 894 g/mol. The fourth-order valence-corrected chi connectivity index (χ4v) is 1.55. The average Bonchev–Trinajstić information content (AvgIpc) is 2.90. The van der Waals surface area contributed by atoms with Gasteiger partial charge >= 0.3 is 0 Å². The third-order valence-electron chi connectivity index (χ3n) is 2.73. The van der Waals surface area contributed by atoms with E-state index in [0.29, 0.717) is 0 Å². The summed E-state index contributed by atoms with van der Waals surface area (Å²) in [6.07, 6.45) is 1.25. The molecule has 0 spiro atoms. The van der Waals surface area contributed by atoms with Crippen molar-refractivity contribution in [2.45, 2.75) is 34.1 Å². The second-order valence-electron chi connectivity index (χ2n) is 5.80. The second-order valence-corrected chi connectivity index (χ2v) is 5.80. The minimum Gasteiger partial charge on any atom is -0.399 e. The van der Waals surface area contributed by atoms with Gasteiger partial charge in [0.2, 0.25) is 0 Å². The molecule has 0 atom stereocenters. The molecule has 3 rings (SSSR count). The molecule has 0 aliphatic rings. The van der Waals surface area contributed by atoms with Gasteiger partial charge in [-0.25, -0.2) is 0 Å². The number of hydrogen-bond acceptors (Lipinski definition) is 6. The molecule has 3 N–H and O–H groups in total. The number of hydrogen-bond donors (Lipinski definition) is 2. The Balaban J connectivity index is -0.0000000630. The quantitative estimate of drug-likeness (QED) is 0.120. The van der Waals surface area contributed by atoms with Crippen LogP contribution in [0.2, 0.25) is 0 Å². The van der Waals surface area contributed by atoms with E-state index in [1.54, 1.807) is 50.2 Å². The topological polar surface area (TPSA) is 124 Å². The maximum atomic E-state index is 10.0. The Morgan fingerprint density at radius 1 is 0.658 bits per heavy atom. The van der Waals surface area contributed by atoms with E-state index in [1.807, 2.05) is 44.4 Å². The van der Waals surface area contributed by atoms with E-state index in [4.69, 9.17) is 5.73 Å². The van der Waals surface area contributed by atoms with Crippen LogP contribution in [-0.2, 0) is 42.1 Å². The molecule has 0 fully saturated rings. The fourth-order valence-electron chi connectivity index (χ4n) is 1.55. The van der Waals surface area contributed by atoms with Crippen LogP contribution < -0.4 is 11.1 Å². The van der Waals surface area contributed by atoms with E-state index in [2.05, 4.69) is 33.0 Å². The average molecular weight is 894 g/mol. The van der Waals surface area contributed by atoms with Crippen LogP contribution in [-0.4, -0.2) is 23.9 Å². The maximum Gasteiger partial charge on any atom is 0.269 e. The van der Waals surface area contributed by atoms with Crippen LogP contribution >= 0.6 is 0 Å². The molecule has 0 amide bonds. The van der Waals surface area contributed by atoms with Crippen LogP contribution in [0.1, 0.15) is 34.1 Å². The van der Waals surface area contributed by atoms with Gasteiger partial charge in [0.25, 0.3) is 11.4 Å². The van der Waals surface area contributed by atoms with Crippen molar-refractivity contribution in [2.24, 2.45) is 0 Å². The molecular formula is C27H42ArN4O4W2-2.